The summed E-state index contributed by atoms with van der Waals surface area (Å²) in [6.07, 6.45) is 1.95. The first-order valence-electron chi connectivity index (χ1n) is 25.8. The SMILES string of the molecule is [2H]C([2H])([2H])n1c2ccccc2c2cc3c4ccccc4n(C([2H])([2H])[2H])c3c(N3[CH-]N(c4[c-]c(Oc5[c-]c6c(cc5)c5cccc(C(C)(C)C)c5n6-c5cc(C)c(-c6ccccc6)cn5)ccc4)c4ccccc43)c21.[Pt]. The molecule has 0 amide bonds. The second kappa shape index (κ2) is 16.0. The predicted octanol–water partition coefficient (Wildman–Crippen LogP) is 15.5. The zero-order valence-electron chi connectivity index (χ0n) is 44.2. The van der Waals surface area contributed by atoms with E-state index in [-0.39, 0.29) is 26.5 Å². The Labute approximate surface area is 424 Å². The smallest absolute Gasteiger partial charge is 0.135 e. The molecule has 0 saturated heterocycles. The van der Waals surface area contributed by atoms with E-state index in [1.165, 1.54) is 14.7 Å². The number of hydrogen-bond acceptors (Lipinski definition) is 4. The number of fused-ring (bicyclic) bond motifs is 10. The van der Waals surface area contributed by atoms with Gasteiger partial charge in [0, 0.05) is 116 Å². The average molecular weight is 1080 g/mol. The first-order valence-corrected chi connectivity index (χ1v) is 22.8. The number of para-hydroxylation sites is 5. The number of pyridine rings is 1. The van der Waals surface area contributed by atoms with E-state index in [9.17, 15) is 0 Å². The zero-order valence-corrected chi connectivity index (χ0v) is 40.4. The van der Waals surface area contributed by atoms with Gasteiger partial charge in [-0.3, -0.25) is 0 Å². The van der Waals surface area contributed by atoms with Crippen molar-refractivity contribution in [2.45, 2.75) is 33.1 Å². The van der Waals surface area contributed by atoms with Crippen LogP contribution in [0.4, 0.5) is 22.7 Å². The molecular formula is C61H47N6OPt-3. The molecule has 8 heteroatoms. The van der Waals surface area contributed by atoms with Crippen molar-refractivity contribution in [2.75, 3.05) is 9.80 Å². The van der Waals surface area contributed by atoms with Gasteiger partial charge >= 0.3 is 0 Å². The van der Waals surface area contributed by atoms with Crippen molar-refractivity contribution in [3.63, 3.8) is 0 Å². The molecule has 69 heavy (non-hydrogen) atoms. The van der Waals surface area contributed by atoms with E-state index in [0.29, 0.717) is 61.4 Å². The van der Waals surface area contributed by atoms with Crippen molar-refractivity contribution in [3.8, 4) is 28.4 Å². The number of ether oxygens (including phenoxy) is 1. The molecule has 0 N–H and O–H groups in total. The van der Waals surface area contributed by atoms with E-state index in [4.69, 9.17) is 17.9 Å². The average Bonchev–Trinajstić information content (AvgIpc) is 4.12. The van der Waals surface area contributed by atoms with Gasteiger partial charge in [0.25, 0.3) is 0 Å². The molecule has 0 saturated carbocycles. The Kier molecular flexibility index (Phi) is 8.45. The van der Waals surface area contributed by atoms with E-state index >= 15 is 0 Å². The molecular weight excluding hydrogens is 1030 g/mol. The third kappa shape index (κ3) is 6.55. The molecule has 0 bridgehead atoms. The third-order valence-corrected chi connectivity index (χ3v) is 13.6. The summed E-state index contributed by atoms with van der Waals surface area (Å²) in [7, 11) is 0. The molecule has 0 fully saturated rings. The summed E-state index contributed by atoms with van der Waals surface area (Å²) >= 11 is 0. The first kappa shape index (κ1) is 36.4. The summed E-state index contributed by atoms with van der Waals surface area (Å²) < 4.78 is 65.5. The monoisotopic (exact) mass is 1080 g/mol. The normalized spacial score (nSPS) is 14.5. The van der Waals surface area contributed by atoms with E-state index in [1.807, 2.05) is 132 Å². The van der Waals surface area contributed by atoms with E-state index in [2.05, 4.69) is 86.9 Å². The number of aryl methyl sites for hydroxylation is 3. The molecule has 13 rings (SSSR count). The van der Waals surface area contributed by atoms with Crippen LogP contribution < -0.4 is 14.5 Å². The molecule has 0 aliphatic carbocycles. The van der Waals surface area contributed by atoms with Gasteiger partial charge in [0.2, 0.25) is 0 Å². The Balaban J connectivity index is 0.00000569. The Hall–Kier alpha value is -7.60. The molecule has 5 heterocycles. The van der Waals surface area contributed by atoms with Crippen LogP contribution in [0, 0.1) is 25.7 Å². The van der Waals surface area contributed by atoms with Crippen LogP contribution in [0.25, 0.3) is 82.4 Å². The molecule has 0 spiro atoms. The number of nitrogens with zero attached hydrogens (tertiary/aromatic N) is 6. The summed E-state index contributed by atoms with van der Waals surface area (Å²) in [6, 6.07) is 60.5. The van der Waals surface area contributed by atoms with Gasteiger partial charge in [-0.15, -0.1) is 48.1 Å². The second-order valence-corrected chi connectivity index (χ2v) is 18.7. The Morgan fingerprint density at radius 2 is 1.20 bits per heavy atom. The summed E-state index contributed by atoms with van der Waals surface area (Å²) in [5.41, 5.74) is 10.5. The van der Waals surface area contributed by atoms with Gasteiger partial charge in [-0.1, -0.05) is 123 Å². The molecule has 1 aliphatic rings. The van der Waals surface area contributed by atoms with Crippen molar-refractivity contribution >= 4 is 88.2 Å². The topological polar surface area (TPSA) is 43.4 Å². The summed E-state index contributed by atoms with van der Waals surface area (Å²) in [6.45, 7) is 5.43. The van der Waals surface area contributed by atoms with E-state index in [0.717, 1.165) is 60.8 Å². The van der Waals surface area contributed by atoms with Crippen molar-refractivity contribution in [1.82, 2.24) is 18.7 Å². The van der Waals surface area contributed by atoms with Crippen LogP contribution in [0.1, 0.15) is 40.1 Å². The van der Waals surface area contributed by atoms with E-state index in [1.54, 1.807) is 12.1 Å². The van der Waals surface area contributed by atoms with Crippen LogP contribution in [0.5, 0.6) is 11.5 Å². The van der Waals surface area contributed by atoms with Crippen molar-refractivity contribution in [3.05, 3.63) is 200 Å². The molecule has 340 valence electrons. The maximum Gasteiger partial charge on any atom is 0.135 e. The van der Waals surface area contributed by atoms with Gasteiger partial charge in [0.1, 0.15) is 5.82 Å². The maximum atomic E-state index is 8.97. The minimum atomic E-state index is -2.63. The van der Waals surface area contributed by atoms with Crippen LogP contribution in [0.2, 0.25) is 0 Å². The summed E-state index contributed by atoms with van der Waals surface area (Å²) in [4.78, 5) is 9.02. The van der Waals surface area contributed by atoms with Crippen molar-refractivity contribution in [1.29, 1.82) is 0 Å². The van der Waals surface area contributed by atoms with Gasteiger partial charge < -0.3 is 28.2 Å². The number of benzene rings is 8. The van der Waals surface area contributed by atoms with Crippen LogP contribution in [0.3, 0.4) is 0 Å². The Morgan fingerprint density at radius 3 is 1.88 bits per heavy atom. The summed E-state index contributed by atoms with van der Waals surface area (Å²) in [5, 5.41) is 4.98. The van der Waals surface area contributed by atoms with Crippen LogP contribution in [0.15, 0.2) is 170 Å². The molecule has 7 nitrogen and oxygen atoms in total. The molecule has 1 aliphatic heterocycles. The van der Waals surface area contributed by atoms with Gasteiger partial charge in [-0.05, 0) is 70.8 Å². The van der Waals surface area contributed by atoms with Crippen molar-refractivity contribution < 1.29 is 34.0 Å². The number of aromatic nitrogens is 4. The fourth-order valence-electron chi connectivity index (χ4n) is 10.5. The number of anilines is 4. The molecule has 0 atom stereocenters. The van der Waals surface area contributed by atoms with Gasteiger partial charge in [0.15, 0.2) is 0 Å². The largest absolute Gasteiger partial charge is 0.509 e. The maximum absolute atomic E-state index is 8.97. The Bertz CT molecular complexity index is 4160. The molecule has 0 unspecified atom stereocenters. The van der Waals surface area contributed by atoms with Gasteiger partial charge in [-0.25, -0.2) is 4.98 Å². The first-order chi connectivity index (χ1) is 35.5. The fourth-order valence-corrected chi connectivity index (χ4v) is 10.5. The zero-order chi connectivity index (χ0) is 51.0. The molecule has 8 aromatic carbocycles. The standard InChI is InChI=1S/C61H47N6O.Pt/c1-38-32-56(62-36-49(38)39-18-8-7-9-19-39)67-55-34-42(30-31-45(55)46-24-17-25-50(57(46)67)61(2,3)4)68-41-21-16-20-40(33-41)65-37-66(54-29-15-14-28-53(54)65)60-58-47(43-22-10-12-26-51(43)63(58)5)35-48-44-23-11-13-27-52(44)64(6)59(48)60;/h7-32,35-37H,1-6H3;/q-3;/i5D3,6D3;. The second-order valence-electron chi connectivity index (χ2n) is 18.7. The minimum absolute atomic E-state index is 0. The van der Waals surface area contributed by atoms with Crippen LogP contribution in [-0.4, -0.2) is 18.7 Å². The molecule has 12 aromatic rings. The number of rotatable bonds is 6. The molecule has 4 aromatic heterocycles. The summed E-state index contributed by atoms with van der Waals surface area (Å²) in [5.74, 6) is 1.71. The van der Waals surface area contributed by atoms with Gasteiger partial charge in [-0.2, -0.15) is 12.1 Å². The van der Waals surface area contributed by atoms with Crippen LogP contribution in [-0.2, 0) is 40.4 Å². The quantitative estimate of drug-likeness (QED) is 0.156. The van der Waals surface area contributed by atoms with Gasteiger partial charge in [0.05, 0.1) is 16.7 Å². The fraction of sp³-hybridized carbons (Fsp3) is 0.115. The van der Waals surface area contributed by atoms with Crippen LogP contribution >= 0.6 is 0 Å². The predicted molar refractivity (Wildman–Crippen MR) is 281 cm³/mol. The third-order valence-electron chi connectivity index (χ3n) is 13.6. The molecule has 0 radical (unpaired) electrons. The van der Waals surface area contributed by atoms with E-state index < -0.39 is 14.0 Å². The number of hydrogen-bond donors (Lipinski definition) is 0. The Morgan fingerprint density at radius 1 is 0.580 bits per heavy atom. The van der Waals surface area contributed by atoms with Crippen molar-refractivity contribution in [2.24, 2.45) is 14.0 Å². The minimum Gasteiger partial charge on any atom is -0.509 e.